The number of nitriles is 1. The van der Waals surface area contributed by atoms with Crippen molar-refractivity contribution in [3.63, 3.8) is 0 Å². The summed E-state index contributed by atoms with van der Waals surface area (Å²) in [5.41, 5.74) is 2.94. The molecule has 84 valence electrons. The van der Waals surface area contributed by atoms with Gasteiger partial charge in [0.15, 0.2) is 5.82 Å². The summed E-state index contributed by atoms with van der Waals surface area (Å²) in [4.78, 5) is 5.60. The first-order chi connectivity index (χ1) is 8.15. The molecule has 2 rings (SSSR count). The molecular weight excluding hydrogens is 214 g/mol. The first-order valence-electron chi connectivity index (χ1n) is 5.09. The predicted octanol–water partition coefficient (Wildman–Crippen LogP) is 1.79. The molecule has 0 amide bonds. The standard InChI is InChI=1S/C12H11N5/c1-4-11-9(3)15-17(16-11)12-5-8(2)10(6-13)7-14-12/h4-5,7H,1H2,2-3H3. The van der Waals surface area contributed by atoms with Gasteiger partial charge in [-0.3, -0.25) is 0 Å². The van der Waals surface area contributed by atoms with Crippen molar-refractivity contribution in [2.24, 2.45) is 0 Å². The number of nitrogens with zero attached hydrogens (tertiary/aromatic N) is 5. The average Bonchev–Trinajstić information content (AvgIpc) is 2.70. The van der Waals surface area contributed by atoms with Crippen molar-refractivity contribution < 1.29 is 0 Å². The van der Waals surface area contributed by atoms with Crippen LogP contribution in [-0.2, 0) is 0 Å². The number of hydrogen-bond donors (Lipinski definition) is 0. The maximum absolute atomic E-state index is 8.82. The highest BCUT2D eigenvalue weighted by molar-refractivity contribution is 5.44. The largest absolute Gasteiger partial charge is 0.234 e. The lowest BCUT2D eigenvalue weighted by Gasteiger charge is -2.00. The molecule has 0 aliphatic carbocycles. The van der Waals surface area contributed by atoms with Gasteiger partial charge >= 0.3 is 0 Å². The molecule has 0 saturated heterocycles. The Morgan fingerprint density at radius 1 is 1.41 bits per heavy atom. The molecule has 0 spiro atoms. The molecule has 0 unspecified atom stereocenters. The first-order valence-corrected chi connectivity index (χ1v) is 5.09. The van der Waals surface area contributed by atoms with Gasteiger partial charge < -0.3 is 0 Å². The number of aromatic nitrogens is 4. The van der Waals surface area contributed by atoms with Gasteiger partial charge in [0.25, 0.3) is 0 Å². The van der Waals surface area contributed by atoms with E-state index in [1.165, 1.54) is 11.0 Å². The molecule has 0 aliphatic rings. The van der Waals surface area contributed by atoms with E-state index in [0.29, 0.717) is 11.4 Å². The lowest BCUT2D eigenvalue weighted by Crippen LogP contribution is -2.03. The Labute approximate surface area is 99.0 Å². The highest BCUT2D eigenvalue weighted by Crippen LogP contribution is 2.11. The molecule has 0 radical (unpaired) electrons. The molecule has 5 heteroatoms. The van der Waals surface area contributed by atoms with Crippen molar-refractivity contribution in [1.29, 1.82) is 5.26 Å². The fraction of sp³-hybridized carbons (Fsp3) is 0.167. The van der Waals surface area contributed by atoms with Crippen LogP contribution in [0.15, 0.2) is 18.8 Å². The monoisotopic (exact) mass is 225 g/mol. The van der Waals surface area contributed by atoms with E-state index in [0.717, 1.165) is 17.0 Å². The summed E-state index contributed by atoms with van der Waals surface area (Å²) in [7, 11) is 0. The van der Waals surface area contributed by atoms with Crippen molar-refractivity contribution in [3.05, 3.63) is 41.4 Å². The normalized spacial score (nSPS) is 9.94. The highest BCUT2D eigenvalue weighted by Gasteiger charge is 2.08. The SMILES string of the molecule is C=Cc1nn(-c2cc(C)c(C#N)cn2)nc1C. The van der Waals surface area contributed by atoms with Gasteiger partial charge in [0.1, 0.15) is 11.8 Å². The first kappa shape index (κ1) is 11.0. The van der Waals surface area contributed by atoms with Crippen LogP contribution >= 0.6 is 0 Å². The number of rotatable bonds is 2. The van der Waals surface area contributed by atoms with E-state index in [2.05, 4.69) is 27.8 Å². The Hall–Kier alpha value is -2.48. The Kier molecular flexibility index (Phi) is 2.71. The van der Waals surface area contributed by atoms with Crippen LogP contribution in [0.2, 0.25) is 0 Å². The van der Waals surface area contributed by atoms with Crippen molar-refractivity contribution in [1.82, 2.24) is 20.0 Å². The van der Waals surface area contributed by atoms with E-state index < -0.39 is 0 Å². The van der Waals surface area contributed by atoms with Gasteiger partial charge in [-0.25, -0.2) is 4.98 Å². The van der Waals surface area contributed by atoms with Crippen LogP contribution in [0.4, 0.5) is 0 Å². The molecular formula is C12H11N5. The van der Waals surface area contributed by atoms with Crippen molar-refractivity contribution in [2.45, 2.75) is 13.8 Å². The Bertz CT molecular complexity index is 618. The third-order valence-electron chi connectivity index (χ3n) is 2.43. The van der Waals surface area contributed by atoms with Crippen LogP contribution < -0.4 is 0 Å². The Balaban J connectivity index is 2.50. The third kappa shape index (κ3) is 1.93. The quantitative estimate of drug-likeness (QED) is 0.781. The van der Waals surface area contributed by atoms with E-state index in [9.17, 15) is 0 Å². The van der Waals surface area contributed by atoms with E-state index in [1.54, 1.807) is 12.1 Å². The van der Waals surface area contributed by atoms with E-state index in [1.807, 2.05) is 13.8 Å². The van der Waals surface area contributed by atoms with E-state index >= 15 is 0 Å². The van der Waals surface area contributed by atoms with Crippen molar-refractivity contribution in [3.8, 4) is 11.9 Å². The molecule has 0 saturated carbocycles. The number of hydrogen-bond acceptors (Lipinski definition) is 4. The number of aryl methyl sites for hydroxylation is 2. The second-order valence-electron chi connectivity index (χ2n) is 3.63. The molecule has 2 aromatic heterocycles. The van der Waals surface area contributed by atoms with Crippen LogP contribution in [0, 0.1) is 25.2 Å². The fourth-order valence-electron chi connectivity index (χ4n) is 1.45. The second-order valence-corrected chi connectivity index (χ2v) is 3.63. The zero-order chi connectivity index (χ0) is 12.4. The molecule has 0 aromatic carbocycles. The molecule has 2 aromatic rings. The van der Waals surface area contributed by atoms with E-state index in [4.69, 9.17) is 5.26 Å². The van der Waals surface area contributed by atoms with Gasteiger partial charge in [-0.05, 0) is 31.6 Å². The highest BCUT2D eigenvalue weighted by atomic mass is 15.5. The topological polar surface area (TPSA) is 67.4 Å². The lowest BCUT2D eigenvalue weighted by molar-refractivity contribution is 0.721. The van der Waals surface area contributed by atoms with Crippen LogP contribution in [0.3, 0.4) is 0 Å². The molecule has 0 atom stereocenters. The van der Waals surface area contributed by atoms with Gasteiger partial charge in [0.2, 0.25) is 0 Å². The van der Waals surface area contributed by atoms with Gasteiger partial charge in [-0.2, -0.15) is 10.4 Å². The second kappa shape index (κ2) is 4.18. The molecule has 0 N–H and O–H groups in total. The maximum atomic E-state index is 8.82. The summed E-state index contributed by atoms with van der Waals surface area (Å²) in [6.07, 6.45) is 3.17. The Morgan fingerprint density at radius 3 is 2.71 bits per heavy atom. The lowest BCUT2D eigenvalue weighted by atomic mass is 10.2. The number of pyridine rings is 1. The zero-order valence-corrected chi connectivity index (χ0v) is 9.68. The minimum absolute atomic E-state index is 0.557. The molecule has 0 aliphatic heterocycles. The van der Waals surface area contributed by atoms with Crippen LogP contribution in [0.5, 0.6) is 0 Å². The molecule has 17 heavy (non-hydrogen) atoms. The fourth-order valence-corrected chi connectivity index (χ4v) is 1.45. The average molecular weight is 225 g/mol. The van der Waals surface area contributed by atoms with Gasteiger partial charge in [-0.15, -0.1) is 9.90 Å². The van der Waals surface area contributed by atoms with Crippen LogP contribution in [-0.4, -0.2) is 20.0 Å². The third-order valence-corrected chi connectivity index (χ3v) is 2.43. The van der Waals surface area contributed by atoms with Gasteiger partial charge in [-0.1, -0.05) is 6.58 Å². The summed E-state index contributed by atoms with van der Waals surface area (Å²) < 4.78 is 0. The summed E-state index contributed by atoms with van der Waals surface area (Å²) >= 11 is 0. The summed E-state index contributed by atoms with van der Waals surface area (Å²) in [6.45, 7) is 7.38. The van der Waals surface area contributed by atoms with E-state index in [-0.39, 0.29) is 0 Å². The molecule has 5 nitrogen and oxygen atoms in total. The zero-order valence-electron chi connectivity index (χ0n) is 9.68. The minimum atomic E-state index is 0.557. The summed E-state index contributed by atoms with van der Waals surface area (Å²) in [5.74, 6) is 0.595. The van der Waals surface area contributed by atoms with Crippen LogP contribution in [0.1, 0.15) is 22.5 Å². The molecule has 0 bridgehead atoms. The molecule has 0 fully saturated rings. The minimum Gasteiger partial charge on any atom is -0.234 e. The van der Waals surface area contributed by atoms with Crippen molar-refractivity contribution in [2.75, 3.05) is 0 Å². The van der Waals surface area contributed by atoms with Gasteiger partial charge in [0, 0.05) is 6.20 Å². The maximum Gasteiger partial charge on any atom is 0.174 e. The Morgan fingerprint density at radius 2 is 2.18 bits per heavy atom. The summed E-state index contributed by atoms with van der Waals surface area (Å²) in [6, 6.07) is 3.86. The summed E-state index contributed by atoms with van der Waals surface area (Å²) in [5, 5.41) is 17.3. The smallest absolute Gasteiger partial charge is 0.174 e. The van der Waals surface area contributed by atoms with Gasteiger partial charge in [0.05, 0.1) is 11.3 Å². The van der Waals surface area contributed by atoms with Crippen molar-refractivity contribution >= 4 is 6.08 Å². The molecule has 2 heterocycles. The van der Waals surface area contributed by atoms with Crippen LogP contribution in [0.25, 0.3) is 11.9 Å². The predicted molar refractivity (Wildman–Crippen MR) is 63.4 cm³/mol.